The number of aromatic nitrogens is 3. The molecule has 2 saturated heterocycles. The van der Waals surface area contributed by atoms with Gasteiger partial charge in [-0.15, -0.1) is 16.9 Å². The Balaban J connectivity index is 1.13. The average molecular weight is 773 g/mol. The lowest BCUT2D eigenvalue weighted by atomic mass is 10.00. The highest BCUT2D eigenvalue weighted by Gasteiger charge is 2.61. The number of rotatable bonds is 14. The second-order valence-electron chi connectivity index (χ2n) is 13.7. The largest absolute Gasteiger partial charge is 0.499 e. The molecule has 2 aliphatic rings. The van der Waals surface area contributed by atoms with E-state index < -0.39 is 24.3 Å². The Kier molecular flexibility index (Phi) is 12.5. The summed E-state index contributed by atoms with van der Waals surface area (Å²) in [6, 6.07) is 21.3. The minimum atomic E-state index is -5.85. The van der Waals surface area contributed by atoms with Crippen LogP contribution in [0.1, 0.15) is 50.7 Å². The first kappa shape index (κ1) is 39.5. The Hall–Kier alpha value is -4.18. The zero-order valence-corrected chi connectivity index (χ0v) is 31.5. The third-order valence-corrected chi connectivity index (χ3v) is 10.5. The summed E-state index contributed by atoms with van der Waals surface area (Å²) in [5.41, 5.74) is 6.27. The Morgan fingerprint density at radius 1 is 1.00 bits per heavy atom. The van der Waals surface area contributed by atoms with Gasteiger partial charge in [0.2, 0.25) is 5.95 Å². The first-order valence-electron chi connectivity index (χ1n) is 17.9. The normalized spacial score (nSPS) is 16.8. The fourth-order valence-corrected chi connectivity index (χ4v) is 7.44. The van der Waals surface area contributed by atoms with E-state index >= 15 is 0 Å². The van der Waals surface area contributed by atoms with Crippen LogP contribution in [0.15, 0.2) is 83.4 Å². The van der Waals surface area contributed by atoms with Crippen LogP contribution in [-0.4, -0.2) is 83.9 Å². The number of hydrogen-bond donors (Lipinski definition) is 1. The van der Waals surface area contributed by atoms with Crippen molar-refractivity contribution in [2.75, 3.05) is 55.9 Å². The van der Waals surface area contributed by atoms with Gasteiger partial charge in [-0.3, -0.25) is 0 Å². The molecule has 0 atom stereocenters. The molecule has 3 aromatic carbocycles. The first-order valence-corrected chi connectivity index (χ1v) is 18.9. The molecular formula is C39H45F5N6O3S. The van der Waals surface area contributed by atoms with E-state index in [-0.39, 0.29) is 6.54 Å². The van der Waals surface area contributed by atoms with Crippen LogP contribution in [0.25, 0.3) is 17.1 Å². The zero-order chi connectivity index (χ0) is 38.5. The van der Waals surface area contributed by atoms with Crippen LogP contribution in [0.2, 0.25) is 0 Å². The maximum Gasteiger partial charge on any atom is 0.499 e. The van der Waals surface area contributed by atoms with Crippen molar-refractivity contribution >= 4 is 23.4 Å². The molecule has 54 heavy (non-hydrogen) atoms. The van der Waals surface area contributed by atoms with Gasteiger partial charge in [-0.25, -0.2) is 0 Å². The molecule has 0 spiro atoms. The summed E-state index contributed by atoms with van der Waals surface area (Å²) >= 11 is 1.95. The summed E-state index contributed by atoms with van der Waals surface area (Å²) < 4.78 is 81.3. The van der Waals surface area contributed by atoms with Crippen LogP contribution in [0, 0.1) is 0 Å². The number of benzene rings is 3. The fraction of sp³-hybridized carbons (Fsp3) is 0.436. The second-order valence-corrected chi connectivity index (χ2v) is 14.8. The summed E-state index contributed by atoms with van der Waals surface area (Å²) in [7, 11) is 2.12. The maximum atomic E-state index is 13.5. The lowest BCUT2D eigenvalue weighted by Gasteiger charge is -2.35. The number of nitrogens with one attached hydrogen (secondary N) is 1. The molecule has 0 aliphatic carbocycles. The Morgan fingerprint density at radius 3 is 2.39 bits per heavy atom. The Labute approximate surface area is 316 Å². The van der Waals surface area contributed by atoms with Crippen molar-refractivity contribution in [2.24, 2.45) is 0 Å². The first-order chi connectivity index (χ1) is 25.8. The number of ether oxygens (including phenoxy) is 3. The van der Waals surface area contributed by atoms with Gasteiger partial charge in [0, 0.05) is 36.6 Å². The molecule has 3 heterocycles. The average Bonchev–Trinajstić information content (AvgIpc) is 3.84. The molecule has 0 unspecified atom stereocenters. The van der Waals surface area contributed by atoms with Crippen molar-refractivity contribution in [1.82, 2.24) is 19.7 Å². The smallest absolute Gasteiger partial charge is 0.426 e. The number of alkyl halides is 5. The Morgan fingerprint density at radius 2 is 1.70 bits per heavy atom. The van der Waals surface area contributed by atoms with Gasteiger partial charge in [0.25, 0.3) is 0 Å². The molecule has 0 bridgehead atoms. The number of para-hydroxylation sites is 1. The van der Waals surface area contributed by atoms with E-state index in [0.29, 0.717) is 36.6 Å². The number of halogens is 5. The molecule has 0 amide bonds. The van der Waals surface area contributed by atoms with E-state index in [2.05, 4.69) is 82.0 Å². The third-order valence-electron chi connectivity index (χ3n) is 9.14. The lowest BCUT2D eigenvalue weighted by molar-refractivity contribution is -0.360. The third kappa shape index (κ3) is 9.54. The van der Waals surface area contributed by atoms with Crippen LogP contribution in [0.5, 0.6) is 5.75 Å². The van der Waals surface area contributed by atoms with E-state index in [9.17, 15) is 22.0 Å². The van der Waals surface area contributed by atoms with Crippen molar-refractivity contribution in [2.45, 2.75) is 64.7 Å². The van der Waals surface area contributed by atoms with Crippen molar-refractivity contribution in [3.63, 3.8) is 0 Å². The summed E-state index contributed by atoms with van der Waals surface area (Å²) in [4.78, 5) is 9.48. The van der Waals surface area contributed by atoms with Gasteiger partial charge in [-0.05, 0) is 79.8 Å². The molecule has 15 heteroatoms. The van der Waals surface area contributed by atoms with Crippen molar-refractivity contribution < 1.29 is 36.2 Å². The quantitative estimate of drug-likeness (QED) is 0.126. The molecule has 0 radical (unpaired) electrons. The molecule has 0 saturated carbocycles. The summed E-state index contributed by atoms with van der Waals surface area (Å²) in [6.45, 7) is 10.6. The van der Waals surface area contributed by atoms with Gasteiger partial charge in [0.05, 0.1) is 30.5 Å². The molecule has 290 valence electrons. The standard InChI is InChI=1S/C39H45F5N6O3S/c1-26(2)32-8-5-6-9-33(32)49-19-7-23-54-36(49)27(3)18-20-48(4)25-28-10-12-29(13-11-28)35-46-37(45-24-34-51-21-22-52-34)50(47-35)30-14-16-31(17-15-30)53-39(43,44)38(40,41)42/h5-6,8-17,26,34H,7,18-25H2,1-4H3,(H,45,46,47). The van der Waals surface area contributed by atoms with Crippen LogP contribution < -0.4 is 15.0 Å². The Bertz CT molecular complexity index is 1880. The minimum absolute atomic E-state index is 0.251. The van der Waals surface area contributed by atoms with Crippen molar-refractivity contribution in [1.29, 1.82) is 0 Å². The molecule has 2 aliphatic heterocycles. The highest BCUT2D eigenvalue weighted by atomic mass is 32.2. The highest BCUT2D eigenvalue weighted by Crippen LogP contribution is 2.39. The number of thioether (sulfide) groups is 1. The topological polar surface area (TPSA) is 76.9 Å². The van der Waals surface area contributed by atoms with Gasteiger partial charge in [0.1, 0.15) is 5.75 Å². The predicted molar refractivity (Wildman–Crippen MR) is 201 cm³/mol. The van der Waals surface area contributed by atoms with Crippen molar-refractivity contribution in [3.8, 4) is 22.8 Å². The number of hydrogen-bond acceptors (Lipinski definition) is 9. The second kappa shape index (κ2) is 17.1. The van der Waals surface area contributed by atoms with E-state index in [1.165, 1.54) is 38.7 Å². The summed E-state index contributed by atoms with van der Waals surface area (Å²) in [6.07, 6.45) is -9.59. The van der Waals surface area contributed by atoms with Gasteiger partial charge in [0.15, 0.2) is 12.1 Å². The van der Waals surface area contributed by atoms with Crippen LogP contribution >= 0.6 is 11.8 Å². The van der Waals surface area contributed by atoms with E-state index in [1.807, 2.05) is 36.0 Å². The zero-order valence-electron chi connectivity index (χ0n) is 30.7. The monoisotopic (exact) mass is 772 g/mol. The molecule has 6 rings (SSSR count). The van der Waals surface area contributed by atoms with Gasteiger partial charge >= 0.3 is 12.3 Å². The van der Waals surface area contributed by atoms with E-state index in [1.54, 1.807) is 0 Å². The number of anilines is 2. The molecule has 4 aromatic rings. The molecule has 2 fully saturated rings. The summed E-state index contributed by atoms with van der Waals surface area (Å²) in [5, 5.41) is 9.15. The lowest BCUT2D eigenvalue weighted by Crippen LogP contribution is -2.41. The van der Waals surface area contributed by atoms with Gasteiger partial charge in [-0.2, -0.15) is 31.6 Å². The van der Waals surface area contributed by atoms with Gasteiger partial charge < -0.3 is 29.3 Å². The minimum Gasteiger partial charge on any atom is -0.426 e. The molecule has 9 nitrogen and oxygen atoms in total. The van der Waals surface area contributed by atoms with Crippen molar-refractivity contribution in [3.05, 3.63) is 94.5 Å². The van der Waals surface area contributed by atoms with Gasteiger partial charge in [-0.1, -0.05) is 56.3 Å². The molecular weight excluding hydrogens is 728 g/mol. The van der Waals surface area contributed by atoms with E-state index in [0.717, 1.165) is 61.5 Å². The predicted octanol–water partition coefficient (Wildman–Crippen LogP) is 9.07. The number of nitrogens with zero attached hydrogens (tertiary/aromatic N) is 5. The molecule has 1 N–H and O–H groups in total. The van der Waals surface area contributed by atoms with E-state index in [4.69, 9.17) is 9.47 Å². The van der Waals surface area contributed by atoms with Crippen LogP contribution in [0.4, 0.5) is 33.6 Å². The maximum absolute atomic E-state index is 13.5. The molecule has 1 aromatic heterocycles. The van der Waals surface area contributed by atoms with Crippen LogP contribution in [-0.2, 0) is 16.0 Å². The fourth-order valence-electron chi connectivity index (χ4n) is 6.28. The highest BCUT2D eigenvalue weighted by molar-refractivity contribution is 8.03. The van der Waals surface area contributed by atoms with Crippen LogP contribution in [0.3, 0.4) is 0 Å². The summed E-state index contributed by atoms with van der Waals surface area (Å²) in [5.74, 6) is 1.59. The SMILES string of the molecule is CC(CCN(C)Cc1ccc(-c2nc(NCC3OCCO3)n(-c3ccc(OC(F)(F)C(F)(F)F)cc3)n2)cc1)=C1SCCCN1c1ccccc1C(C)C.